The monoisotopic (exact) mass is 269 g/mol. The van der Waals surface area contributed by atoms with Crippen LogP contribution < -0.4 is 5.32 Å². The summed E-state index contributed by atoms with van der Waals surface area (Å²) in [6, 6.07) is 6.41. The Morgan fingerprint density at radius 1 is 1.39 bits per heavy atom. The van der Waals surface area contributed by atoms with Crippen LogP contribution in [0.15, 0.2) is 24.3 Å². The summed E-state index contributed by atoms with van der Waals surface area (Å²) in [5.74, 6) is -0.997. The predicted molar refractivity (Wildman–Crippen MR) is 69.6 cm³/mol. The molecule has 0 saturated heterocycles. The molecular weight excluding hydrogens is 254 g/mol. The topological polar surface area (TPSA) is 86.6 Å². The number of thioether (sulfide) groups is 1. The predicted octanol–water partition coefficient (Wildman–Crippen LogP) is 1.39. The fourth-order valence-corrected chi connectivity index (χ4v) is 1.94. The summed E-state index contributed by atoms with van der Waals surface area (Å²) in [7, 11) is 0. The highest BCUT2D eigenvalue weighted by atomic mass is 32.2. The Morgan fingerprint density at radius 2 is 2.11 bits per heavy atom. The van der Waals surface area contributed by atoms with E-state index in [2.05, 4.69) is 5.32 Å². The number of hydrogen-bond donors (Lipinski definition) is 3. The van der Waals surface area contributed by atoms with E-state index in [0.29, 0.717) is 0 Å². The number of carbonyl (C=O) groups is 2. The Hall–Kier alpha value is -1.69. The first kappa shape index (κ1) is 14.4. The molecule has 1 rings (SSSR count). The van der Waals surface area contributed by atoms with Gasteiger partial charge in [0.1, 0.15) is 5.75 Å². The van der Waals surface area contributed by atoms with Crippen molar-refractivity contribution in [2.75, 3.05) is 11.5 Å². The first-order valence-electron chi connectivity index (χ1n) is 5.37. The molecule has 1 atom stereocenters. The molecule has 0 aliphatic rings. The third kappa shape index (κ3) is 5.09. The van der Waals surface area contributed by atoms with Crippen molar-refractivity contribution in [1.29, 1.82) is 0 Å². The first-order chi connectivity index (χ1) is 8.49. The summed E-state index contributed by atoms with van der Waals surface area (Å²) in [6.07, 6.45) is 0. The number of aromatic hydroxyl groups is 1. The van der Waals surface area contributed by atoms with Gasteiger partial charge in [0.25, 0.3) is 0 Å². The van der Waals surface area contributed by atoms with Crippen molar-refractivity contribution >= 4 is 23.6 Å². The molecule has 0 fully saturated rings. The Balaban J connectivity index is 2.42. The molecule has 0 aromatic heterocycles. The van der Waals surface area contributed by atoms with Gasteiger partial charge in [0.2, 0.25) is 5.91 Å². The summed E-state index contributed by atoms with van der Waals surface area (Å²) >= 11 is 1.05. The molecule has 0 heterocycles. The fraction of sp³-hybridized carbons (Fsp3) is 0.333. The van der Waals surface area contributed by atoms with Gasteiger partial charge in [-0.3, -0.25) is 9.59 Å². The summed E-state index contributed by atoms with van der Waals surface area (Å²) in [5, 5.41) is 20.5. The molecule has 1 aromatic rings. The van der Waals surface area contributed by atoms with Gasteiger partial charge < -0.3 is 15.5 Å². The lowest BCUT2D eigenvalue weighted by molar-refractivity contribution is -0.133. The second-order valence-electron chi connectivity index (χ2n) is 3.77. The normalized spacial score (nSPS) is 11.8. The van der Waals surface area contributed by atoms with Crippen molar-refractivity contribution in [3.8, 4) is 5.75 Å². The zero-order chi connectivity index (χ0) is 13.5. The number of aliphatic carboxylic acids is 1. The van der Waals surface area contributed by atoms with Crippen molar-refractivity contribution in [2.24, 2.45) is 0 Å². The Morgan fingerprint density at radius 3 is 2.72 bits per heavy atom. The molecule has 1 aromatic carbocycles. The van der Waals surface area contributed by atoms with Gasteiger partial charge in [0.05, 0.1) is 17.5 Å². The van der Waals surface area contributed by atoms with Crippen LogP contribution in [0.2, 0.25) is 0 Å². The Bertz CT molecular complexity index is 436. The third-order valence-corrected chi connectivity index (χ3v) is 3.12. The maximum Gasteiger partial charge on any atom is 0.313 e. The smallest absolute Gasteiger partial charge is 0.313 e. The zero-order valence-electron chi connectivity index (χ0n) is 9.92. The number of phenols is 1. The van der Waals surface area contributed by atoms with Gasteiger partial charge in [-0.2, -0.15) is 0 Å². The average Bonchev–Trinajstić information content (AvgIpc) is 2.28. The number of rotatable bonds is 6. The highest BCUT2D eigenvalue weighted by Crippen LogP contribution is 2.17. The molecule has 0 aliphatic carbocycles. The minimum Gasteiger partial charge on any atom is -0.508 e. The molecular formula is C12H15NO4S. The number of phenolic OH excluding ortho intramolecular Hbond substituents is 1. The molecule has 0 aliphatic heterocycles. The number of carboxylic acids is 1. The van der Waals surface area contributed by atoms with Crippen LogP contribution in [0.25, 0.3) is 0 Å². The summed E-state index contributed by atoms with van der Waals surface area (Å²) in [5.41, 5.74) is 0.798. The van der Waals surface area contributed by atoms with E-state index >= 15 is 0 Å². The van der Waals surface area contributed by atoms with Gasteiger partial charge in [0, 0.05) is 0 Å². The Labute approximate surface area is 109 Å². The van der Waals surface area contributed by atoms with E-state index in [-0.39, 0.29) is 29.2 Å². The zero-order valence-corrected chi connectivity index (χ0v) is 10.7. The van der Waals surface area contributed by atoms with Gasteiger partial charge in [-0.25, -0.2) is 0 Å². The maximum absolute atomic E-state index is 11.5. The number of amides is 1. The van der Waals surface area contributed by atoms with Crippen LogP contribution in [0, 0.1) is 0 Å². The number of carbonyl (C=O) groups excluding carboxylic acids is 1. The van der Waals surface area contributed by atoms with Gasteiger partial charge in [-0.1, -0.05) is 12.1 Å². The van der Waals surface area contributed by atoms with Gasteiger partial charge >= 0.3 is 5.97 Å². The fourth-order valence-electron chi connectivity index (χ4n) is 1.39. The van der Waals surface area contributed by atoms with E-state index < -0.39 is 5.97 Å². The molecule has 3 N–H and O–H groups in total. The third-order valence-electron chi connectivity index (χ3n) is 2.21. The van der Waals surface area contributed by atoms with Crippen molar-refractivity contribution in [3.63, 3.8) is 0 Å². The number of hydrogen-bond acceptors (Lipinski definition) is 4. The van der Waals surface area contributed by atoms with E-state index in [9.17, 15) is 14.7 Å². The highest BCUT2D eigenvalue weighted by molar-refractivity contribution is 8.00. The van der Waals surface area contributed by atoms with E-state index in [4.69, 9.17) is 5.11 Å². The minimum absolute atomic E-state index is 0.0894. The van der Waals surface area contributed by atoms with Gasteiger partial charge in [0.15, 0.2) is 0 Å². The maximum atomic E-state index is 11.5. The molecule has 1 unspecified atom stereocenters. The van der Waals surface area contributed by atoms with Crippen LogP contribution in [0.4, 0.5) is 0 Å². The van der Waals surface area contributed by atoms with Crippen molar-refractivity contribution in [1.82, 2.24) is 5.32 Å². The molecule has 5 nitrogen and oxygen atoms in total. The van der Waals surface area contributed by atoms with Crippen LogP contribution in [0.5, 0.6) is 5.75 Å². The SMILES string of the molecule is CC(NC(=O)CSCC(=O)O)c1cccc(O)c1. The van der Waals surface area contributed by atoms with Crippen LogP contribution in [0.3, 0.4) is 0 Å². The van der Waals surface area contributed by atoms with Crippen molar-refractivity contribution in [3.05, 3.63) is 29.8 Å². The van der Waals surface area contributed by atoms with E-state index in [1.807, 2.05) is 0 Å². The summed E-state index contributed by atoms with van der Waals surface area (Å²) in [6.45, 7) is 1.80. The van der Waals surface area contributed by atoms with Gasteiger partial charge in [-0.15, -0.1) is 11.8 Å². The van der Waals surface area contributed by atoms with Crippen LogP contribution in [-0.4, -0.2) is 33.6 Å². The number of nitrogens with one attached hydrogen (secondary N) is 1. The molecule has 0 spiro atoms. The molecule has 98 valence electrons. The summed E-state index contributed by atoms with van der Waals surface area (Å²) < 4.78 is 0. The van der Waals surface area contributed by atoms with E-state index in [1.165, 1.54) is 0 Å². The molecule has 0 saturated carbocycles. The van der Waals surface area contributed by atoms with E-state index in [0.717, 1.165) is 17.3 Å². The number of benzene rings is 1. The number of carboxylic acid groups (broad SMARTS) is 1. The highest BCUT2D eigenvalue weighted by Gasteiger charge is 2.10. The lowest BCUT2D eigenvalue weighted by Crippen LogP contribution is -2.28. The molecule has 0 radical (unpaired) electrons. The molecule has 18 heavy (non-hydrogen) atoms. The lowest BCUT2D eigenvalue weighted by atomic mass is 10.1. The first-order valence-corrected chi connectivity index (χ1v) is 6.52. The second kappa shape index (κ2) is 6.90. The molecule has 1 amide bonds. The lowest BCUT2D eigenvalue weighted by Gasteiger charge is -2.14. The van der Waals surface area contributed by atoms with E-state index in [1.54, 1.807) is 31.2 Å². The van der Waals surface area contributed by atoms with Crippen LogP contribution in [-0.2, 0) is 9.59 Å². The average molecular weight is 269 g/mol. The standard InChI is InChI=1S/C12H15NO4S/c1-8(9-3-2-4-10(14)5-9)13-11(15)6-18-7-12(16)17/h2-5,8,14H,6-7H2,1H3,(H,13,15)(H,16,17). The second-order valence-corrected chi connectivity index (χ2v) is 4.76. The quantitative estimate of drug-likeness (QED) is 0.726. The van der Waals surface area contributed by atoms with Gasteiger partial charge in [-0.05, 0) is 24.6 Å². The van der Waals surface area contributed by atoms with Crippen LogP contribution in [0.1, 0.15) is 18.5 Å². The summed E-state index contributed by atoms with van der Waals surface area (Å²) in [4.78, 5) is 21.8. The van der Waals surface area contributed by atoms with Crippen molar-refractivity contribution < 1.29 is 19.8 Å². The molecule has 6 heteroatoms. The molecule has 0 bridgehead atoms. The van der Waals surface area contributed by atoms with Crippen molar-refractivity contribution in [2.45, 2.75) is 13.0 Å². The van der Waals surface area contributed by atoms with Crippen LogP contribution >= 0.6 is 11.8 Å². The largest absolute Gasteiger partial charge is 0.508 e. The minimum atomic E-state index is -0.936. The Kier molecular flexibility index (Phi) is 5.51.